The first-order chi connectivity index (χ1) is 9.74. The lowest BCUT2D eigenvalue weighted by atomic mass is 10.1. The number of benzene rings is 1. The Morgan fingerprint density at radius 1 is 1.25 bits per heavy atom. The number of ketones is 1. The molecule has 0 atom stereocenters. The summed E-state index contributed by atoms with van der Waals surface area (Å²) < 4.78 is 14.5. The van der Waals surface area contributed by atoms with E-state index < -0.39 is 0 Å². The molecule has 7 heteroatoms. The highest BCUT2D eigenvalue weighted by atomic mass is 32.2. The molecule has 0 aliphatic carbocycles. The summed E-state index contributed by atoms with van der Waals surface area (Å²) >= 11 is 1.27. The molecule has 3 aromatic rings. The summed E-state index contributed by atoms with van der Waals surface area (Å²) in [5.74, 6) is 0.255. The third kappa shape index (κ3) is 2.53. The van der Waals surface area contributed by atoms with Gasteiger partial charge in [0.15, 0.2) is 10.9 Å². The molecule has 2 aromatic heterocycles. The van der Waals surface area contributed by atoms with Gasteiger partial charge in [-0.1, -0.05) is 11.8 Å². The van der Waals surface area contributed by atoms with Gasteiger partial charge in [-0.2, -0.15) is 0 Å². The van der Waals surface area contributed by atoms with Crippen molar-refractivity contribution in [3.63, 3.8) is 0 Å². The van der Waals surface area contributed by atoms with Crippen LogP contribution in [0, 0.1) is 5.82 Å². The summed E-state index contributed by atoms with van der Waals surface area (Å²) in [5, 5.41) is 8.48. The Hall–Kier alpha value is -2.28. The number of halogens is 1. The Bertz CT molecular complexity index is 756. The summed E-state index contributed by atoms with van der Waals surface area (Å²) in [7, 11) is 0. The van der Waals surface area contributed by atoms with Crippen molar-refractivity contribution in [3.8, 4) is 0 Å². The van der Waals surface area contributed by atoms with E-state index in [-0.39, 0.29) is 17.4 Å². The lowest BCUT2D eigenvalue weighted by molar-refractivity contribution is 0.102. The van der Waals surface area contributed by atoms with Crippen molar-refractivity contribution in [1.82, 2.24) is 19.6 Å². The first-order valence-electron chi connectivity index (χ1n) is 5.81. The van der Waals surface area contributed by atoms with Crippen molar-refractivity contribution in [2.24, 2.45) is 0 Å². The number of carbonyl (C=O) groups excluding carboxylic acids is 1. The molecule has 2 heterocycles. The van der Waals surface area contributed by atoms with Gasteiger partial charge in [-0.15, -0.1) is 10.2 Å². The van der Waals surface area contributed by atoms with Gasteiger partial charge >= 0.3 is 0 Å². The molecule has 0 saturated carbocycles. The highest BCUT2D eigenvalue weighted by molar-refractivity contribution is 7.99. The predicted molar refractivity (Wildman–Crippen MR) is 72.2 cm³/mol. The maximum absolute atomic E-state index is 12.8. The fourth-order valence-corrected chi connectivity index (χ4v) is 2.48. The lowest BCUT2D eigenvalue weighted by Gasteiger charge is -2.00. The van der Waals surface area contributed by atoms with Crippen molar-refractivity contribution < 1.29 is 9.18 Å². The van der Waals surface area contributed by atoms with Crippen LogP contribution >= 0.6 is 11.8 Å². The van der Waals surface area contributed by atoms with Crippen LogP contribution in [0.5, 0.6) is 0 Å². The van der Waals surface area contributed by atoms with Gasteiger partial charge in [0.2, 0.25) is 0 Å². The van der Waals surface area contributed by atoms with E-state index in [1.54, 1.807) is 22.9 Å². The molecular formula is C13H9FN4OS. The van der Waals surface area contributed by atoms with Crippen LogP contribution in [0.1, 0.15) is 10.4 Å². The molecule has 0 aliphatic rings. The third-order valence-corrected chi connectivity index (χ3v) is 3.60. The molecule has 0 N–H and O–H groups in total. The second kappa shape index (κ2) is 5.38. The molecule has 0 unspecified atom stereocenters. The molecule has 0 radical (unpaired) electrons. The van der Waals surface area contributed by atoms with Gasteiger partial charge in [0.05, 0.1) is 5.75 Å². The fraction of sp³-hybridized carbons (Fsp3) is 0.0769. The van der Waals surface area contributed by atoms with Crippen molar-refractivity contribution >= 4 is 23.3 Å². The molecule has 0 saturated heterocycles. The smallest absolute Gasteiger partial charge is 0.255 e. The minimum Gasteiger partial charge on any atom is -0.293 e. The fourth-order valence-electron chi connectivity index (χ4n) is 1.67. The topological polar surface area (TPSA) is 60.2 Å². The summed E-state index contributed by atoms with van der Waals surface area (Å²) in [6.07, 6.45) is 3.41. The molecule has 0 bridgehead atoms. The molecule has 3 rings (SSSR count). The number of Topliss-reactive ketones (excluding diaryl/α,β-unsaturated/α-hetero) is 1. The van der Waals surface area contributed by atoms with Gasteiger partial charge in [-0.05, 0) is 30.3 Å². The summed E-state index contributed by atoms with van der Waals surface area (Å²) in [5.41, 5.74) is 0.478. The van der Waals surface area contributed by atoms with E-state index in [2.05, 4.69) is 15.2 Å². The second-order valence-corrected chi connectivity index (χ2v) is 4.93. The average molecular weight is 288 g/mol. The summed E-state index contributed by atoms with van der Waals surface area (Å²) in [6.45, 7) is 0. The Balaban J connectivity index is 1.73. The van der Waals surface area contributed by atoms with E-state index in [0.717, 1.165) is 0 Å². The Morgan fingerprint density at radius 3 is 2.85 bits per heavy atom. The molecule has 0 aliphatic heterocycles. The number of aromatic nitrogens is 4. The first-order valence-corrected chi connectivity index (χ1v) is 6.80. The second-order valence-electron chi connectivity index (χ2n) is 3.99. The van der Waals surface area contributed by atoms with E-state index in [9.17, 15) is 9.18 Å². The van der Waals surface area contributed by atoms with Crippen LogP contribution < -0.4 is 0 Å². The van der Waals surface area contributed by atoms with Crippen LogP contribution in [0.3, 0.4) is 0 Å². The molecule has 100 valence electrons. The van der Waals surface area contributed by atoms with Crippen LogP contribution in [0.25, 0.3) is 5.78 Å². The average Bonchev–Trinajstić information content (AvgIpc) is 2.89. The van der Waals surface area contributed by atoms with Crippen LogP contribution in [0.15, 0.2) is 47.9 Å². The number of rotatable bonds is 4. The van der Waals surface area contributed by atoms with Crippen molar-refractivity contribution in [3.05, 3.63) is 54.1 Å². The van der Waals surface area contributed by atoms with Gasteiger partial charge < -0.3 is 0 Å². The van der Waals surface area contributed by atoms with E-state index >= 15 is 0 Å². The number of carbonyl (C=O) groups is 1. The van der Waals surface area contributed by atoms with Gasteiger partial charge in [0.1, 0.15) is 5.82 Å². The van der Waals surface area contributed by atoms with Crippen molar-refractivity contribution in [2.45, 2.75) is 5.16 Å². The van der Waals surface area contributed by atoms with E-state index in [0.29, 0.717) is 16.5 Å². The quantitative estimate of drug-likeness (QED) is 0.544. The third-order valence-electron chi connectivity index (χ3n) is 2.66. The molecule has 0 spiro atoms. The number of hydrogen-bond donors (Lipinski definition) is 0. The van der Waals surface area contributed by atoms with Gasteiger partial charge in [0.25, 0.3) is 5.78 Å². The standard InChI is InChI=1S/C13H9FN4OS/c14-10-4-2-9(3-5-10)11(19)8-20-13-17-16-12-15-6-1-7-18(12)13/h1-7H,8H2. The maximum Gasteiger partial charge on any atom is 0.255 e. The zero-order valence-electron chi connectivity index (χ0n) is 10.2. The minimum atomic E-state index is -0.358. The number of fused-ring (bicyclic) bond motifs is 1. The monoisotopic (exact) mass is 288 g/mol. The molecule has 5 nitrogen and oxygen atoms in total. The van der Waals surface area contributed by atoms with Crippen molar-refractivity contribution in [2.75, 3.05) is 5.75 Å². The maximum atomic E-state index is 12.8. The highest BCUT2D eigenvalue weighted by Crippen LogP contribution is 2.17. The van der Waals surface area contributed by atoms with E-state index in [1.807, 2.05) is 0 Å². The highest BCUT2D eigenvalue weighted by Gasteiger charge is 2.11. The SMILES string of the molecule is O=C(CSc1nnc2ncccn12)c1ccc(F)cc1. The van der Waals surface area contributed by atoms with Crippen LogP contribution in [0.4, 0.5) is 4.39 Å². The first kappa shape index (κ1) is 12.7. The number of hydrogen-bond acceptors (Lipinski definition) is 5. The van der Waals surface area contributed by atoms with Gasteiger partial charge in [0, 0.05) is 18.0 Å². The summed E-state index contributed by atoms with van der Waals surface area (Å²) in [6, 6.07) is 7.26. The number of thioether (sulfide) groups is 1. The molecule has 1 aromatic carbocycles. The zero-order chi connectivity index (χ0) is 13.9. The predicted octanol–water partition coefficient (Wildman–Crippen LogP) is 2.24. The molecule has 0 amide bonds. The van der Waals surface area contributed by atoms with Crippen LogP contribution in [-0.2, 0) is 0 Å². The van der Waals surface area contributed by atoms with E-state index in [4.69, 9.17) is 0 Å². The Morgan fingerprint density at radius 2 is 2.05 bits per heavy atom. The van der Waals surface area contributed by atoms with E-state index in [1.165, 1.54) is 36.0 Å². The lowest BCUT2D eigenvalue weighted by Crippen LogP contribution is -2.03. The largest absolute Gasteiger partial charge is 0.293 e. The van der Waals surface area contributed by atoms with Crippen molar-refractivity contribution in [1.29, 1.82) is 0 Å². The van der Waals surface area contributed by atoms with Gasteiger partial charge in [-0.25, -0.2) is 9.37 Å². The molecule has 0 fully saturated rings. The van der Waals surface area contributed by atoms with Crippen LogP contribution in [-0.4, -0.2) is 31.1 Å². The molecular weight excluding hydrogens is 279 g/mol. The Labute approximate surface area is 117 Å². The zero-order valence-corrected chi connectivity index (χ0v) is 11.0. The Kier molecular flexibility index (Phi) is 3.42. The summed E-state index contributed by atoms with van der Waals surface area (Å²) in [4.78, 5) is 16.0. The number of nitrogens with zero attached hydrogens (tertiary/aromatic N) is 4. The normalized spacial score (nSPS) is 10.8. The van der Waals surface area contributed by atoms with Gasteiger partial charge in [-0.3, -0.25) is 9.20 Å². The van der Waals surface area contributed by atoms with Crippen LogP contribution in [0.2, 0.25) is 0 Å². The molecule has 20 heavy (non-hydrogen) atoms. The minimum absolute atomic E-state index is 0.0874.